The summed E-state index contributed by atoms with van der Waals surface area (Å²) in [6.07, 6.45) is 0.710. The fourth-order valence-electron chi connectivity index (χ4n) is 2.95. The highest BCUT2D eigenvalue weighted by Crippen LogP contribution is 2.28. The molecule has 1 atom stereocenters. The minimum atomic E-state index is -1.11. The van der Waals surface area contributed by atoms with Crippen molar-refractivity contribution in [1.29, 1.82) is 0 Å². The highest BCUT2D eigenvalue weighted by atomic mass is 35.5. The molecule has 1 fully saturated rings. The van der Waals surface area contributed by atoms with E-state index in [0.717, 1.165) is 18.9 Å². The predicted octanol–water partition coefficient (Wildman–Crippen LogP) is 3.77. The number of carbonyl (C=O) groups excluding carboxylic acids is 2. The van der Waals surface area contributed by atoms with Gasteiger partial charge in [0.1, 0.15) is 5.02 Å². The number of nitro groups is 1. The van der Waals surface area contributed by atoms with E-state index in [9.17, 15) is 19.7 Å². The number of carbonyl (C=O) groups is 2. The summed E-state index contributed by atoms with van der Waals surface area (Å²) >= 11 is 5.78. The van der Waals surface area contributed by atoms with Crippen molar-refractivity contribution < 1.29 is 19.2 Å². The van der Waals surface area contributed by atoms with Crippen LogP contribution in [0.2, 0.25) is 5.02 Å². The number of esters is 1. The SMILES string of the molecule is O=C(OC(C(=O)N1CCCC1)c1ccccc1)c1ccc(Cl)c([N+](=O)[O-])c1. The molecule has 0 aromatic heterocycles. The minimum absolute atomic E-state index is 0.0405. The summed E-state index contributed by atoms with van der Waals surface area (Å²) in [6.45, 7) is 1.23. The maximum absolute atomic E-state index is 12.9. The molecule has 0 aliphatic carbocycles. The van der Waals surface area contributed by atoms with Gasteiger partial charge in [-0.3, -0.25) is 14.9 Å². The zero-order chi connectivity index (χ0) is 19.4. The van der Waals surface area contributed by atoms with Crippen LogP contribution in [0.25, 0.3) is 0 Å². The van der Waals surface area contributed by atoms with Gasteiger partial charge in [-0.1, -0.05) is 41.9 Å². The van der Waals surface area contributed by atoms with E-state index in [0.29, 0.717) is 18.7 Å². The topological polar surface area (TPSA) is 89.8 Å². The molecule has 0 radical (unpaired) electrons. The Kier molecular flexibility index (Phi) is 5.71. The lowest BCUT2D eigenvalue weighted by atomic mass is 10.1. The highest BCUT2D eigenvalue weighted by molar-refractivity contribution is 6.32. The summed E-state index contributed by atoms with van der Waals surface area (Å²) < 4.78 is 5.48. The van der Waals surface area contributed by atoms with Gasteiger partial charge in [0.05, 0.1) is 10.5 Å². The van der Waals surface area contributed by atoms with Crippen LogP contribution in [0.3, 0.4) is 0 Å². The smallest absolute Gasteiger partial charge is 0.339 e. The van der Waals surface area contributed by atoms with E-state index in [2.05, 4.69) is 0 Å². The van der Waals surface area contributed by atoms with Crippen molar-refractivity contribution in [3.63, 3.8) is 0 Å². The zero-order valence-corrected chi connectivity index (χ0v) is 15.1. The summed E-state index contributed by atoms with van der Waals surface area (Å²) in [4.78, 5) is 37.5. The maximum atomic E-state index is 12.9. The summed E-state index contributed by atoms with van der Waals surface area (Å²) in [6, 6.07) is 12.3. The van der Waals surface area contributed by atoms with Gasteiger partial charge in [-0.05, 0) is 25.0 Å². The van der Waals surface area contributed by atoms with Crippen LogP contribution < -0.4 is 0 Å². The van der Waals surface area contributed by atoms with Crippen LogP contribution in [0.4, 0.5) is 5.69 Å². The number of amides is 1. The molecule has 1 aliphatic rings. The van der Waals surface area contributed by atoms with E-state index in [1.54, 1.807) is 35.2 Å². The van der Waals surface area contributed by atoms with E-state index in [-0.39, 0.29) is 16.5 Å². The Morgan fingerprint density at radius 3 is 2.41 bits per heavy atom. The molecule has 2 aromatic rings. The summed E-state index contributed by atoms with van der Waals surface area (Å²) in [5, 5.41) is 11.0. The molecule has 1 aliphatic heterocycles. The van der Waals surface area contributed by atoms with E-state index in [4.69, 9.17) is 16.3 Å². The fraction of sp³-hybridized carbons (Fsp3) is 0.263. The molecule has 1 heterocycles. The standard InChI is InChI=1S/C19H17ClN2O5/c20-15-9-8-14(12-16(15)22(25)26)19(24)27-17(13-6-2-1-3-7-13)18(23)21-10-4-5-11-21/h1-3,6-9,12,17H,4-5,10-11H2. The van der Waals surface area contributed by atoms with Crippen LogP contribution in [0, 0.1) is 10.1 Å². The summed E-state index contributed by atoms with van der Waals surface area (Å²) in [7, 11) is 0. The van der Waals surface area contributed by atoms with Crippen molar-refractivity contribution in [1.82, 2.24) is 4.90 Å². The molecular weight excluding hydrogens is 372 g/mol. The summed E-state index contributed by atoms with van der Waals surface area (Å²) in [5.74, 6) is -1.12. The maximum Gasteiger partial charge on any atom is 0.339 e. The molecule has 8 heteroatoms. The predicted molar refractivity (Wildman–Crippen MR) is 98.5 cm³/mol. The lowest BCUT2D eigenvalue weighted by Gasteiger charge is -2.23. The van der Waals surface area contributed by atoms with Gasteiger partial charge < -0.3 is 9.64 Å². The van der Waals surface area contributed by atoms with Crippen molar-refractivity contribution in [2.75, 3.05) is 13.1 Å². The Labute approximate surface area is 160 Å². The number of nitro benzene ring substituents is 1. The fourth-order valence-corrected chi connectivity index (χ4v) is 3.13. The first kappa shape index (κ1) is 18.8. The molecule has 27 heavy (non-hydrogen) atoms. The van der Waals surface area contributed by atoms with Crippen LogP contribution in [0.5, 0.6) is 0 Å². The third-order valence-electron chi connectivity index (χ3n) is 4.35. The zero-order valence-electron chi connectivity index (χ0n) is 14.3. The van der Waals surface area contributed by atoms with E-state index < -0.39 is 22.7 Å². The number of hydrogen-bond acceptors (Lipinski definition) is 5. The van der Waals surface area contributed by atoms with Crippen LogP contribution in [0.15, 0.2) is 48.5 Å². The lowest BCUT2D eigenvalue weighted by Crippen LogP contribution is -2.34. The van der Waals surface area contributed by atoms with Gasteiger partial charge in [-0.25, -0.2) is 4.79 Å². The Balaban J connectivity index is 1.87. The molecular formula is C19H17ClN2O5. The van der Waals surface area contributed by atoms with E-state index in [1.165, 1.54) is 12.1 Å². The van der Waals surface area contributed by atoms with E-state index in [1.807, 2.05) is 0 Å². The Morgan fingerprint density at radius 2 is 1.78 bits per heavy atom. The number of likely N-dealkylation sites (tertiary alicyclic amines) is 1. The van der Waals surface area contributed by atoms with Crippen molar-refractivity contribution in [3.8, 4) is 0 Å². The molecule has 1 amide bonds. The summed E-state index contributed by atoms with van der Waals surface area (Å²) in [5.41, 5.74) is 0.112. The normalized spacial score (nSPS) is 14.6. The Bertz CT molecular complexity index is 866. The minimum Gasteiger partial charge on any atom is -0.444 e. The first-order valence-corrected chi connectivity index (χ1v) is 8.84. The van der Waals surface area contributed by atoms with Crippen LogP contribution in [-0.4, -0.2) is 34.8 Å². The number of nitrogens with zero attached hydrogens (tertiary/aromatic N) is 2. The number of rotatable bonds is 5. The molecule has 0 N–H and O–H groups in total. The molecule has 1 unspecified atom stereocenters. The van der Waals surface area contributed by atoms with E-state index >= 15 is 0 Å². The molecule has 0 spiro atoms. The van der Waals surface area contributed by atoms with Gasteiger partial charge in [-0.2, -0.15) is 0 Å². The van der Waals surface area contributed by atoms with Gasteiger partial charge in [0.2, 0.25) is 6.10 Å². The second kappa shape index (κ2) is 8.18. The van der Waals surface area contributed by atoms with Gasteiger partial charge >= 0.3 is 5.97 Å². The largest absolute Gasteiger partial charge is 0.444 e. The molecule has 1 saturated heterocycles. The average Bonchev–Trinajstić information content (AvgIpc) is 3.21. The average molecular weight is 389 g/mol. The molecule has 2 aromatic carbocycles. The molecule has 3 rings (SSSR count). The van der Waals surface area contributed by atoms with Crippen LogP contribution >= 0.6 is 11.6 Å². The molecule has 140 valence electrons. The number of benzene rings is 2. The molecule has 0 saturated carbocycles. The Morgan fingerprint density at radius 1 is 1.11 bits per heavy atom. The monoisotopic (exact) mass is 388 g/mol. The van der Waals surface area contributed by atoms with Gasteiger partial charge in [-0.15, -0.1) is 0 Å². The third kappa shape index (κ3) is 4.25. The number of ether oxygens (including phenoxy) is 1. The van der Waals surface area contributed by atoms with Gasteiger partial charge in [0.25, 0.3) is 11.6 Å². The lowest BCUT2D eigenvalue weighted by molar-refractivity contribution is -0.384. The third-order valence-corrected chi connectivity index (χ3v) is 4.67. The first-order chi connectivity index (χ1) is 13.0. The van der Waals surface area contributed by atoms with Crippen LogP contribution in [-0.2, 0) is 9.53 Å². The van der Waals surface area contributed by atoms with Crippen molar-refractivity contribution in [2.45, 2.75) is 18.9 Å². The van der Waals surface area contributed by atoms with Crippen molar-refractivity contribution in [2.24, 2.45) is 0 Å². The van der Waals surface area contributed by atoms with Gasteiger partial charge in [0.15, 0.2) is 0 Å². The number of hydrogen-bond donors (Lipinski definition) is 0. The van der Waals surface area contributed by atoms with Crippen LogP contribution in [0.1, 0.15) is 34.9 Å². The second-order valence-corrected chi connectivity index (χ2v) is 6.56. The second-order valence-electron chi connectivity index (χ2n) is 6.15. The quantitative estimate of drug-likeness (QED) is 0.442. The molecule has 7 nitrogen and oxygen atoms in total. The Hall–Kier alpha value is -2.93. The first-order valence-electron chi connectivity index (χ1n) is 8.46. The van der Waals surface area contributed by atoms with Crippen molar-refractivity contribution in [3.05, 3.63) is 74.8 Å². The molecule has 0 bridgehead atoms. The van der Waals surface area contributed by atoms with Crippen molar-refractivity contribution >= 4 is 29.2 Å². The van der Waals surface area contributed by atoms with Gasteiger partial charge in [0, 0.05) is 24.7 Å². The highest BCUT2D eigenvalue weighted by Gasteiger charge is 2.31. The number of halogens is 1.